The van der Waals surface area contributed by atoms with Crippen LogP contribution in [0.1, 0.15) is 20.4 Å². The van der Waals surface area contributed by atoms with Crippen LogP contribution in [0.25, 0.3) is 10.6 Å². The van der Waals surface area contributed by atoms with Gasteiger partial charge in [0.05, 0.1) is 28.3 Å². The summed E-state index contributed by atoms with van der Waals surface area (Å²) >= 11 is 3.26. The van der Waals surface area contributed by atoms with E-state index in [1.165, 1.54) is 18.6 Å². The van der Waals surface area contributed by atoms with Crippen LogP contribution in [0.15, 0.2) is 36.1 Å². The molecule has 21 heavy (non-hydrogen) atoms. The highest BCUT2D eigenvalue weighted by Crippen LogP contribution is 2.28. The van der Waals surface area contributed by atoms with Gasteiger partial charge < -0.3 is 5.32 Å². The van der Waals surface area contributed by atoms with Crippen molar-refractivity contribution in [2.45, 2.75) is 13.5 Å². The predicted octanol–water partition coefficient (Wildman–Crippen LogP) is 2.90. The molecule has 0 aliphatic carbocycles. The third-order valence-corrected chi connectivity index (χ3v) is 4.63. The van der Waals surface area contributed by atoms with E-state index in [-0.39, 0.29) is 5.91 Å². The van der Waals surface area contributed by atoms with Crippen LogP contribution in [0.3, 0.4) is 0 Å². The van der Waals surface area contributed by atoms with E-state index in [0.717, 1.165) is 20.5 Å². The number of carbonyl (C=O) groups excluding carboxylic acids is 1. The molecule has 0 aromatic carbocycles. The van der Waals surface area contributed by atoms with Crippen molar-refractivity contribution in [3.63, 3.8) is 0 Å². The second kappa shape index (κ2) is 6.11. The molecule has 0 fully saturated rings. The number of thiophene rings is 1. The van der Waals surface area contributed by atoms with Crippen LogP contribution in [0, 0.1) is 6.92 Å². The van der Waals surface area contributed by atoms with Crippen molar-refractivity contribution in [3.8, 4) is 10.6 Å². The molecule has 1 amide bonds. The molecule has 3 rings (SSSR count). The maximum atomic E-state index is 11.9. The van der Waals surface area contributed by atoms with E-state index >= 15 is 0 Å². The van der Waals surface area contributed by atoms with Crippen molar-refractivity contribution < 1.29 is 4.79 Å². The summed E-state index contributed by atoms with van der Waals surface area (Å²) in [7, 11) is 0. The number of nitrogens with one attached hydrogen (secondary N) is 1. The van der Waals surface area contributed by atoms with Gasteiger partial charge >= 0.3 is 0 Å². The van der Waals surface area contributed by atoms with Crippen LogP contribution in [-0.2, 0) is 6.54 Å². The molecule has 3 heterocycles. The third kappa shape index (κ3) is 3.32. The van der Waals surface area contributed by atoms with E-state index in [2.05, 4.69) is 20.3 Å². The molecule has 3 aromatic heterocycles. The summed E-state index contributed by atoms with van der Waals surface area (Å²) in [4.78, 5) is 26.4. The minimum atomic E-state index is -0.220. The van der Waals surface area contributed by atoms with Crippen LogP contribution in [-0.4, -0.2) is 20.9 Å². The molecular weight excluding hydrogens is 304 g/mol. The highest BCUT2D eigenvalue weighted by molar-refractivity contribution is 7.16. The molecule has 0 unspecified atom stereocenters. The molecule has 7 heteroatoms. The number of carbonyl (C=O) groups is 1. The molecule has 0 saturated carbocycles. The predicted molar refractivity (Wildman–Crippen MR) is 83.4 cm³/mol. The highest BCUT2D eigenvalue weighted by Gasteiger charge is 2.09. The van der Waals surface area contributed by atoms with E-state index in [4.69, 9.17) is 0 Å². The van der Waals surface area contributed by atoms with Gasteiger partial charge in [-0.15, -0.1) is 22.7 Å². The fraction of sp³-hybridized carbons (Fsp3) is 0.143. The van der Waals surface area contributed by atoms with Gasteiger partial charge in [0, 0.05) is 22.7 Å². The van der Waals surface area contributed by atoms with Gasteiger partial charge in [-0.05, 0) is 19.1 Å². The van der Waals surface area contributed by atoms with Crippen molar-refractivity contribution in [2.75, 3.05) is 0 Å². The molecule has 0 atom stereocenters. The topological polar surface area (TPSA) is 67.8 Å². The molecule has 5 nitrogen and oxygen atoms in total. The Morgan fingerprint density at radius 3 is 2.95 bits per heavy atom. The zero-order valence-electron chi connectivity index (χ0n) is 11.2. The van der Waals surface area contributed by atoms with Crippen molar-refractivity contribution >= 4 is 28.6 Å². The van der Waals surface area contributed by atoms with E-state index in [1.54, 1.807) is 22.7 Å². The standard InChI is InChI=1S/C14H12N4OS2/c1-9-18-12(8-20-9)13-3-2-10(21-13)6-17-14(19)11-7-15-4-5-16-11/h2-5,7-8H,6H2,1H3,(H,17,19). The second-order valence-electron chi connectivity index (χ2n) is 4.29. The Balaban J connectivity index is 1.64. The van der Waals surface area contributed by atoms with Gasteiger partial charge in [0.25, 0.3) is 5.91 Å². The zero-order chi connectivity index (χ0) is 14.7. The number of thiazole rings is 1. The normalized spacial score (nSPS) is 10.5. The van der Waals surface area contributed by atoms with Crippen LogP contribution in [0.2, 0.25) is 0 Å². The van der Waals surface area contributed by atoms with Gasteiger partial charge in [0.2, 0.25) is 0 Å². The summed E-state index contributed by atoms with van der Waals surface area (Å²) < 4.78 is 0. The SMILES string of the molecule is Cc1nc(-c2ccc(CNC(=O)c3cnccn3)s2)cs1. The fourth-order valence-corrected chi connectivity index (χ4v) is 3.36. The van der Waals surface area contributed by atoms with E-state index in [0.29, 0.717) is 12.2 Å². The van der Waals surface area contributed by atoms with E-state index in [9.17, 15) is 4.79 Å². The first-order chi connectivity index (χ1) is 10.2. The Bertz CT molecular complexity index is 751. The average molecular weight is 316 g/mol. The fourth-order valence-electron chi connectivity index (χ4n) is 1.76. The number of nitrogens with zero attached hydrogens (tertiary/aromatic N) is 3. The Labute approximate surface area is 129 Å². The second-order valence-corrected chi connectivity index (χ2v) is 6.52. The highest BCUT2D eigenvalue weighted by atomic mass is 32.1. The molecule has 0 aliphatic rings. The Kier molecular flexibility index (Phi) is 4.03. The number of amides is 1. The number of hydrogen-bond donors (Lipinski definition) is 1. The zero-order valence-corrected chi connectivity index (χ0v) is 12.9. The third-order valence-electron chi connectivity index (χ3n) is 2.75. The van der Waals surface area contributed by atoms with E-state index < -0.39 is 0 Å². The first kappa shape index (κ1) is 13.8. The van der Waals surface area contributed by atoms with Gasteiger partial charge in [-0.2, -0.15) is 0 Å². The molecular formula is C14H12N4OS2. The average Bonchev–Trinajstić information content (AvgIpc) is 3.14. The lowest BCUT2D eigenvalue weighted by Gasteiger charge is -2.01. The minimum absolute atomic E-state index is 0.220. The molecule has 0 radical (unpaired) electrons. The van der Waals surface area contributed by atoms with Crippen LogP contribution >= 0.6 is 22.7 Å². The monoisotopic (exact) mass is 316 g/mol. The summed E-state index contributed by atoms with van der Waals surface area (Å²) in [5, 5.41) is 5.93. The Morgan fingerprint density at radius 1 is 1.33 bits per heavy atom. The van der Waals surface area contributed by atoms with Gasteiger partial charge in [-0.1, -0.05) is 0 Å². The van der Waals surface area contributed by atoms with Gasteiger partial charge in [0.15, 0.2) is 0 Å². The molecule has 0 aliphatic heterocycles. The molecule has 0 saturated heterocycles. The molecule has 3 aromatic rings. The quantitative estimate of drug-likeness (QED) is 0.803. The lowest BCUT2D eigenvalue weighted by atomic mass is 10.3. The Hall–Kier alpha value is -2.12. The minimum Gasteiger partial charge on any atom is -0.346 e. The van der Waals surface area contributed by atoms with Crippen molar-refractivity contribution in [3.05, 3.63) is 51.7 Å². The Morgan fingerprint density at radius 2 is 2.24 bits per heavy atom. The number of aromatic nitrogens is 3. The van der Waals surface area contributed by atoms with Crippen molar-refractivity contribution in [2.24, 2.45) is 0 Å². The molecule has 106 valence electrons. The maximum Gasteiger partial charge on any atom is 0.271 e. The van der Waals surface area contributed by atoms with Crippen LogP contribution in [0.4, 0.5) is 0 Å². The number of rotatable bonds is 4. The molecule has 0 bridgehead atoms. The summed E-state index contributed by atoms with van der Waals surface area (Å²) in [5.74, 6) is -0.220. The number of aryl methyl sites for hydroxylation is 1. The first-order valence-electron chi connectivity index (χ1n) is 6.28. The smallest absolute Gasteiger partial charge is 0.271 e. The number of hydrogen-bond acceptors (Lipinski definition) is 6. The largest absolute Gasteiger partial charge is 0.346 e. The van der Waals surface area contributed by atoms with Crippen LogP contribution in [0.5, 0.6) is 0 Å². The van der Waals surface area contributed by atoms with Crippen molar-refractivity contribution in [1.82, 2.24) is 20.3 Å². The van der Waals surface area contributed by atoms with Crippen molar-refractivity contribution in [1.29, 1.82) is 0 Å². The summed E-state index contributed by atoms with van der Waals surface area (Å²) in [6, 6.07) is 4.04. The lowest BCUT2D eigenvalue weighted by Crippen LogP contribution is -2.23. The van der Waals surface area contributed by atoms with Gasteiger partial charge in [-0.25, -0.2) is 9.97 Å². The van der Waals surface area contributed by atoms with Gasteiger partial charge in [0.1, 0.15) is 5.69 Å². The van der Waals surface area contributed by atoms with Gasteiger partial charge in [-0.3, -0.25) is 9.78 Å². The maximum absolute atomic E-state index is 11.9. The van der Waals surface area contributed by atoms with E-state index in [1.807, 2.05) is 24.4 Å². The van der Waals surface area contributed by atoms with Crippen LogP contribution < -0.4 is 5.32 Å². The summed E-state index contributed by atoms with van der Waals surface area (Å²) in [5.41, 5.74) is 1.32. The lowest BCUT2D eigenvalue weighted by molar-refractivity contribution is 0.0946. The molecule has 0 spiro atoms. The summed E-state index contributed by atoms with van der Waals surface area (Å²) in [6.07, 6.45) is 4.49. The first-order valence-corrected chi connectivity index (χ1v) is 7.97. The molecule has 1 N–H and O–H groups in total. The summed E-state index contributed by atoms with van der Waals surface area (Å²) in [6.45, 7) is 2.47.